The predicted molar refractivity (Wildman–Crippen MR) is 118 cm³/mol. The lowest BCUT2D eigenvalue weighted by atomic mass is 9.94. The van der Waals surface area contributed by atoms with E-state index in [-0.39, 0.29) is 24.0 Å². The monoisotopic (exact) mass is 429 g/mol. The van der Waals surface area contributed by atoms with Crippen molar-refractivity contribution >= 4 is 11.8 Å². The van der Waals surface area contributed by atoms with Crippen LogP contribution in [0.15, 0.2) is 24.3 Å². The van der Waals surface area contributed by atoms with Gasteiger partial charge in [0.25, 0.3) is 5.91 Å². The Morgan fingerprint density at radius 3 is 2.58 bits per heavy atom. The summed E-state index contributed by atoms with van der Waals surface area (Å²) in [5, 5.41) is 3.17. The topological polar surface area (TPSA) is 71.1 Å². The fraction of sp³-hybridized carbons (Fsp3) is 0.667. The smallest absolute Gasteiger partial charge is 0.254 e. The molecule has 1 N–H and O–H groups in total. The Morgan fingerprint density at radius 2 is 1.90 bits per heavy atom. The van der Waals surface area contributed by atoms with Crippen LogP contribution in [0.4, 0.5) is 0 Å². The van der Waals surface area contributed by atoms with Crippen LogP contribution in [0.5, 0.6) is 5.75 Å². The standard InChI is InChI=1S/C24H35N3O4/c1-30-20-9-4-8-19(16-20)24(29)27-13-11-26(12-14-27)22(18-6-2-3-7-18)23(28)25-17-21-10-5-15-31-21/h4,8-9,16,18,21-22H,2-3,5-7,10-15,17H2,1H3,(H,25,28). The van der Waals surface area contributed by atoms with E-state index < -0.39 is 0 Å². The van der Waals surface area contributed by atoms with Gasteiger partial charge in [-0.3, -0.25) is 14.5 Å². The summed E-state index contributed by atoms with van der Waals surface area (Å²) in [6.45, 7) is 4.14. The first-order valence-corrected chi connectivity index (χ1v) is 11.7. The van der Waals surface area contributed by atoms with Crippen molar-refractivity contribution in [3.63, 3.8) is 0 Å². The Bertz CT molecular complexity index is 751. The summed E-state index contributed by atoms with van der Waals surface area (Å²) < 4.78 is 10.9. The molecule has 2 amide bonds. The van der Waals surface area contributed by atoms with Crippen LogP contribution in [0.25, 0.3) is 0 Å². The largest absolute Gasteiger partial charge is 0.497 e. The van der Waals surface area contributed by atoms with Crippen molar-refractivity contribution in [3.05, 3.63) is 29.8 Å². The number of piperazine rings is 1. The van der Waals surface area contributed by atoms with Crippen molar-refractivity contribution in [3.8, 4) is 5.75 Å². The summed E-state index contributed by atoms with van der Waals surface area (Å²) in [4.78, 5) is 30.3. The van der Waals surface area contributed by atoms with Crippen molar-refractivity contribution in [1.82, 2.24) is 15.1 Å². The Balaban J connectivity index is 1.36. The quantitative estimate of drug-likeness (QED) is 0.720. The molecule has 2 saturated heterocycles. The maximum Gasteiger partial charge on any atom is 0.254 e. The van der Waals surface area contributed by atoms with E-state index in [0.717, 1.165) is 45.4 Å². The van der Waals surface area contributed by atoms with Gasteiger partial charge in [-0.25, -0.2) is 0 Å². The van der Waals surface area contributed by atoms with E-state index in [1.807, 2.05) is 23.1 Å². The molecule has 3 aliphatic rings. The van der Waals surface area contributed by atoms with E-state index in [4.69, 9.17) is 9.47 Å². The molecule has 0 aromatic heterocycles. The second-order valence-electron chi connectivity index (χ2n) is 8.93. The lowest BCUT2D eigenvalue weighted by Crippen LogP contribution is -2.58. The van der Waals surface area contributed by atoms with Crippen LogP contribution in [0.3, 0.4) is 0 Å². The molecule has 170 valence electrons. The molecular formula is C24H35N3O4. The third-order valence-electron chi connectivity index (χ3n) is 6.95. The number of methoxy groups -OCH3 is 1. The minimum Gasteiger partial charge on any atom is -0.497 e. The normalized spacial score (nSPS) is 23.6. The summed E-state index contributed by atoms with van der Waals surface area (Å²) in [7, 11) is 1.61. The first-order valence-electron chi connectivity index (χ1n) is 11.7. The molecule has 3 fully saturated rings. The van der Waals surface area contributed by atoms with Gasteiger partial charge in [0, 0.05) is 44.9 Å². The van der Waals surface area contributed by atoms with Gasteiger partial charge in [-0.2, -0.15) is 0 Å². The summed E-state index contributed by atoms with van der Waals surface area (Å²) >= 11 is 0. The lowest BCUT2D eigenvalue weighted by Gasteiger charge is -2.41. The van der Waals surface area contributed by atoms with Gasteiger partial charge in [0.05, 0.1) is 19.3 Å². The molecular weight excluding hydrogens is 394 g/mol. The SMILES string of the molecule is COc1cccc(C(=O)N2CCN(C(C(=O)NCC3CCCO3)C3CCCC3)CC2)c1. The van der Waals surface area contributed by atoms with Crippen molar-refractivity contribution in [1.29, 1.82) is 0 Å². The van der Waals surface area contributed by atoms with Crippen molar-refractivity contribution < 1.29 is 19.1 Å². The zero-order valence-electron chi connectivity index (χ0n) is 18.6. The summed E-state index contributed by atoms with van der Waals surface area (Å²) in [5.74, 6) is 1.26. The van der Waals surface area contributed by atoms with Crippen LogP contribution >= 0.6 is 0 Å². The van der Waals surface area contributed by atoms with Crippen LogP contribution < -0.4 is 10.1 Å². The molecule has 1 aliphatic carbocycles. The van der Waals surface area contributed by atoms with Gasteiger partial charge in [0.2, 0.25) is 5.91 Å². The Hall–Kier alpha value is -2.12. The molecule has 7 heteroatoms. The van der Waals surface area contributed by atoms with Crippen LogP contribution in [0.2, 0.25) is 0 Å². The summed E-state index contributed by atoms with van der Waals surface area (Å²) in [5.41, 5.74) is 0.648. The van der Waals surface area contributed by atoms with E-state index in [0.29, 0.717) is 36.9 Å². The van der Waals surface area contributed by atoms with Crippen LogP contribution in [0.1, 0.15) is 48.9 Å². The average molecular weight is 430 g/mol. The number of carbonyl (C=O) groups is 2. The van der Waals surface area contributed by atoms with E-state index in [2.05, 4.69) is 10.2 Å². The second kappa shape index (κ2) is 10.5. The molecule has 1 aromatic carbocycles. The third kappa shape index (κ3) is 5.39. The highest BCUT2D eigenvalue weighted by Crippen LogP contribution is 2.31. The molecule has 0 radical (unpaired) electrons. The molecule has 0 bridgehead atoms. The van der Waals surface area contributed by atoms with Crippen LogP contribution in [-0.2, 0) is 9.53 Å². The Kier molecular flexibility index (Phi) is 7.45. The average Bonchev–Trinajstić information content (AvgIpc) is 3.52. The van der Waals surface area contributed by atoms with Crippen LogP contribution in [-0.4, -0.2) is 80.2 Å². The maximum absolute atomic E-state index is 13.2. The highest BCUT2D eigenvalue weighted by Gasteiger charge is 2.37. The zero-order chi connectivity index (χ0) is 21.6. The van der Waals surface area contributed by atoms with Crippen molar-refractivity contribution in [2.24, 2.45) is 5.92 Å². The first-order chi connectivity index (χ1) is 15.2. The molecule has 7 nitrogen and oxygen atoms in total. The molecule has 1 saturated carbocycles. The number of rotatable bonds is 7. The van der Waals surface area contributed by atoms with Gasteiger partial charge in [0.1, 0.15) is 5.75 Å². The van der Waals surface area contributed by atoms with Gasteiger partial charge >= 0.3 is 0 Å². The number of amides is 2. The van der Waals surface area contributed by atoms with Gasteiger partial charge in [-0.05, 0) is 49.8 Å². The lowest BCUT2D eigenvalue weighted by molar-refractivity contribution is -0.129. The number of benzene rings is 1. The van der Waals surface area contributed by atoms with Gasteiger partial charge in [-0.1, -0.05) is 18.9 Å². The molecule has 2 heterocycles. The summed E-state index contributed by atoms with van der Waals surface area (Å²) in [6.07, 6.45) is 6.89. The molecule has 2 unspecified atom stereocenters. The van der Waals surface area contributed by atoms with E-state index >= 15 is 0 Å². The minimum absolute atomic E-state index is 0.0267. The Labute approximate surface area is 185 Å². The number of hydrogen-bond donors (Lipinski definition) is 1. The molecule has 2 aliphatic heterocycles. The zero-order valence-corrected chi connectivity index (χ0v) is 18.6. The number of nitrogens with zero attached hydrogens (tertiary/aromatic N) is 2. The predicted octanol–water partition coefficient (Wildman–Crippen LogP) is 2.31. The first kappa shape index (κ1) is 22.1. The number of ether oxygens (including phenoxy) is 2. The van der Waals surface area contributed by atoms with Crippen LogP contribution in [0, 0.1) is 5.92 Å². The molecule has 31 heavy (non-hydrogen) atoms. The van der Waals surface area contributed by atoms with E-state index in [1.165, 1.54) is 12.8 Å². The number of hydrogen-bond acceptors (Lipinski definition) is 5. The number of carbonyl (C=O) groups excluding carboxylic acids is 2. The second-order valence-corrected chi connectivity index (χ2v) is 8.93. The highest BCUT2D eigenvalue weighted by molar-refractivity contribution is 5.94. The minimum atomic E-state index is -0.0991. The van der Waals surface area contributed by atoms with Gasteiger partial charge in [-0.15, -0.1) is 0 Å². The Morgan fingerprint density at radius 1 is 1.13 bits per heavy atom. The third-order valence-corrected chi connectivity index (χ3v) is 6.95. The van der Waals surface area contributed by atoms with E-state index in [1.54, 1.807) is 13.2 Å². The van der Waals surface area contributed by atoms with Crippen molar-refractivity contribution in [2.45, 2.75) is 50.7 Å². The maximum atomic E-state index is 13.2. The summed E-state index contributed by atoms with van der Waals surface area (Å²) in [6, 6.07) is 7.21. The molecule has 4 rings (SSSR count). The number of nitrogens with one attached hydrogen (secondary N) is 1. The van der Waals surface area contributed by atoms with Gasteiger partial charge < -0.3 is 19.7 Å². The fourth-order valence-corrected chi connectivity index (χ4v) is 5.22. The highest BCUT2D eigenvalue weighted by atomic mass is 16.5. The van der Waals surface area contributed by atoms with Gasteiger partial charge in [0.15, 0.2) is 0 Å². The fourth-order valence-electron chi connectivity index (χ4n) is 5.22. The van der Waals surface area contributed by atoms with Crippen molar-refractivity contribution in [2.75, 3.05) is 46.4 Å². The molecule has 1 aromatic rings. The molecule has 0 spiro atoms. The molecule has 2 atom stereocenters. The van der Waals surface area contributed by atoms with E-state index in [9.17, 15) is 9.59 Å².